The lowest BCUT2D eigenvalue weighted by Crippen LogP contribution is -2.22. The van der Waals surface area contributed by atoms with Crippen molar-refractivity contribution in [2.45, 2.75) is 30.3 Å². The van der Waals surface area contributed by atoms with Crippen molar-refractivity contribution in [3.05, 3.63) is 136 Å². The Hall–Kier alpha value is -3.55. The van der Waals surface area contributed by atoms with Gasteiger partial charge in [-0.3, -0.25) is 4.79 Å². The van der Waals surface area contributed by atoms with E-state index in [1.165, 1.54) is 0 Å². The van der Waals surface area contributed by atoms with Gasteiger partial charge in [0.15, 0.2) is 5.78 Å². The second kappa shape index (κ2) is 10.4. The Morgan fingerprint density at radius 3 is 2.16 bits per heavy atom. The zero-order valence-electron chi connectivity index (χ0n) is 20.2. The van der Waals surface area contributed by atoms with Gasteiger partial charge >= 0.3 is 0 Å². The van der Waals surface area contributed by atoms with Crippen molar-refractivity contribution in [2.24, 2.45) is 4.40 Å². The third-order valence-electron chi connectivity index (χ3n) is 6.37. The Morgan fingerprint density at radius 1 is 0.865 bits per heavy atom. The van der Waals surface area contributed by atoms with Crippen LogP contribution in [0.25, 0.3) is 0 Å². The summed E-state index contributed by atoms with van der Waals surface area (Å²) < 4.78 is 32.1. The van der Waals surface area contributed by atoms with Crippen LogP contribution in [-0.4, -0.2) is 31.0 Å². The normalized spacial score (nSPS) is 17.5. The third-order valence-corrected chi connectivity index (χ3v) is 8.19. The molecule has 0 amide bonds. The number of Topliss-reactive ketones (excluding diaryl/α,β-unsaturated/α-hetero) is 1. The highest BCUT2D eigenvalue weighted by Crippen LogP contribution is 2.46. The van der Waals surface area contributed by atoms with E-state index in [0.717, 1.165) is 21.2 Å². The highest BCUT2D eigenvalue weighted by molar-refractivity contribution is 9.10. The van der Waals surface area contributed by atoms with Crippen LogP contribution >= 0.6 is 15.9 Å². The fourth-order valence-electron chi connectivity index (χ4n) is 4.48. The first-order valence-corrected chi connectivity index (χ1v) is 14.1. The number of nitrogens with zero attached hydrogens (tertiary/aromatic N) is 2. The van der Waals surface area contributed by atoms with Crippen LogP contribution in [-0.2, 0) is 16.4 Å². The maximum Gasteiger partial charge on any atom is 0.283 e. The molecule has 5 nitrogen and oxygen atoms in total. The monoisotopic (exact) mass is 572 g/mol. The Bertz CT molecular complexity index is 1550. The van der Waals surface area contributed by atoms with Gasteiger partial charge in [-0.2, -0.15) is 8.42 Å². The molecule has 1 fully saturated rings. The smallest absolute Gasteiger partial charge is 0.283 e. The summed E-state index contributed by atoms with van der Waals surface area (Å²) in [5.41, 5.74) is 3.36. The first-order valence-electron chi connectivity index (χ1n) is 11.9. The summed E-state index contributed by atoms with van der Waals surface area (Å²) in [5, 5.41) is 0. The molecule has 1 saturated heterocycles. The summed E-state index contributed by atoms with van der Waals surface area (Å²) in [4.78, 5) is 15.6. The van der Waals surface area contributed by atoms with Gasteiger partial charge in [0.05, 0.1) is 10.9 Å². The number of halogens is 1. The number of aryl methyl sites for hydroxylation is 1. The quantitative estimate of drug-likeness (QED) is 0.111. The number of benzene rings is 4. The number of ketones is 1. The van der Waals surface area contributed by atoms with Crippen LogP contribution in [0.3, 0.4) is 0 Å². The molecule has 0 N–H and O–H groups in total. The molecule has 0 aromatic heterocycles. The minimum absolute atomic E-state index is 0.0703. The molecule has 186 valence electrons. The largest absolute Gasteiger partial charge is 0.337 e. The molecule has 1 heterocycles. The Balaban J connectivity index is 1.61. The molecule has 1 aliphatic heterocycles. The fourth-order valence-corrected chi connectivity index (χ4v) is 5.92. The predicted molar refractivity (Wildman–Crippen MR) is 149 cm³/mol. The standard InChI is InChI=1S/C30H25BrN2O3S/c1-21-15-17-26(18-16-21)37(35,36)32-27(19-22-9-4-2-5-10-22)33-28(24-13-8-14-25(31)20-24)29(33)30(34)23-11-6-3-7-12-23/h2-18,20,28-29H,19H2,1H3/b32-27+/t28-,29+,33?/m1/s1. The lowest BCUT2D eigenvalue weighted by atomic mass is 10.0. The Kier molecular flexibility index (Phi) is 7.09. The molecule has 0 unspecified atom stereocenters. The molecule has 0 aliphatic carbocycles. The molecule has 0 saturated carbocycles. The van der Waals surface area contributed by atoms with E-state index in [-0.39, 0.29) is 23.1 Å². The molecule has 37 heavy (non-hydrogen) atoms. The number of hydrogen-bond acceptors (Lipinski definition) is 3. The van der Waals surface area contributed by atoms with Gasteiger partial charge in [0.2, 0.25) is 0 Å². The van der Waals surface area contributed by atoms with Crippen LogP contribution < -0.4 is 0 Å². The number of rotatable bonds is 7. The zero-order chi connectivity index (χ0) is 26.0. The average Bonchev–Trinajstić information content (AvgIpc) is 3.65. The van der Waals surface area contributed by atoms with E-state index in [1.807, 2.05) is 84.6 Å². The van der Waals surface area contributed by atoms with Crippen LogP contribution in [0.15, 0.2) is 123 Å². The second-order valence-corrected chi connectivity index (χ2v) is 11.6. The fraction of sp³-hybridized carbons (Fsp3) is 0.133. The van der Waals surface area contributed by atoms with Gasteiger partial charge in [0, 0.05) is 16.5 Å². The molecule has 5 rings (SSSR count). The number of sulfonamides is 1. The molecule has 7 heteroatoms. The highest BCUT2D eigenvalue weighted by Gasteiger charge is 2.55. The molecule has 4 aromatic carbocycles. The van der Waals surface area contributed by atoms with E-state index in [0.29, 0.717) is 11.4 Å². The lowest BCUT2D eigenvalue weighted by molar-refractivity contribution is 0.0980. The minimum atomic E-state index is -4.00. The average molecular weight is 574 g/mol. The van der Waals surface area contributed by atoms with Crippen molar-refractivity contribution in [3.63, 3.8) is 0 Å². The maximum absolute atomic E-state index is 13.7. The topological polar surface area (TPSA) is 66.6 Å². The van der Waals surface area contributed by atoms with Crippen molar-refractivity contribution in [2.75, 3.05) is 0 Å². The second-order valence-electron chi connectivity index (χ2n) is 9.04. The molecule has 2 atom stereocenters. The Labute approximate surface area is 225 Å². The molecule has 1 aliphatic rings. The summed E-state index contributed by atoms with van der Waals surface area (Å²) in [5.74, 6) is 0.269. The Morgan fingerprint density at radius 2 is 1.51 bits per heavy atom. The van der Waals surface area contributed by atoms with Crippen LogP contribution in [0.4, 0.5) is 0 Å². The number of carbonyl (C=O) groups is 1. The van der Waals surface area contributed by atoms with Crippen molar-refractivity contribution in [1.82, 2.24) is 4.90 Å². The predicted octanol–water partition coefficient (Wildman–Crippen LogP) is 6.40. The summed E-state index contributed by atoms with van der Waals surface area (Å²) >= 11 is 3.53. The summed E-state index contributed by atoms with van der Waals surface area (Å²) in [6.07, 6.45) is 0.273. The molecule has 0 radical (unpaired) electrons. The molecular weight excluding hydrogens is 548 g/mol. The number of carbonyl (C=O) groups excluding carboxylic acids is 1. The van der Waals surface area contributed by atoms with E-state index in [2.05, 4.69) is 20.3 Å². The SMILES string of the molecule is Cc1ccc(S(=O)(=O)/N=C(\Cc2ccccc2)N2[C@H](C(=O)c3ccccc3)[C@H]2c2cccc(Br)c2)cc1. The first-order chi connectivity index (χ1) is 17.8. The van der Waals surface area contributed by atoms with Gasteiger partial charge in [0.1, 0.15) is 11.9 Å². The van der Waals surface area contributed by atoms with Crippen molar-refractivity contribution >= 4 is 37.6 Å². The van der Waals surface area contributed by atoms with E-state index < -0.39 is 16.1 Å². The zero-order valence-corrected chi connectivity index (χ0v) is 22.6. The van der Waals surface area contributed by atoms with Crippen LogP contribution in [0.1, 0.15) is 33.1 Å². The van der Waals surface area contributed by atoms with E-state index in [4.69, 9.17) is 0 Å². The summed E-state index contributed by atoms with van der Waals surface area (Å²) in [6.45, 7) is 1.90. The number of amidine groups is 1. The van der Waals surface area contributed by atoms with Gasteiger partial charge in [0.25, 0.3) is 10.0 Å². The number of hydrogen-bond donors (Lipinski definition) is 0. The summed E-state index contributed by atoms with van der Waals surface area (Å²) in [7, 11) is -4.00. The van der Waals surface area contributed by atoms with Crippen LogP contribution in [0.2, 0.25) is 0 Å². The highest BCUT2D eigenvalue weighted by atomic mass is 79.9. The molecule has 4 aromatic rings. The summed E-state index contributed by atoms with van der Waals surface area (Å²) in [6, 6.07) is 32.2. The van der Waals surface area contributed by atoms with Crippen LogP contribution in [0.5, 0.6) is 0 Å². The van der Waals surface area contributed by atoms with Crippen molar-refractivity contribution in [1.29, 1.82) is 0 Å². The van der Waals surface area contributed by atoms with E-state index >= 15 is 0 Å². The van der Waals surface area contributed by atoms with Gasteiger partial charge < -0.3 is 4.90 Å². The van der Waals surface area contributed by atoms with Gasteiger partial charge in [-0.1, -0.05) is 106 Å². The van der Waals surface area contributed by atoms with Crippen molar-refractivity contribution in [3.8, 4) is 0 Å². The van der Waals surface area contributed by atoms with Gasteiger partial charge in [-0.05, 0) is 42.3 Å². The third kappa shape index (κ3) is 5.58. The lowest BCUT2D eigenvalue weighted by Gasteiger charge is -2.12. The molecule has 0 bridgehead atoms. The first kappa shape index (κ1) is 25.1. The van der Waals surface area contributed by atoms with Gasteiger partial charge in [-0.25, -0.2) is 0 Å². The maximum atomic E-state index is 13.7. The van der Waals surface area contributed by atoms with E-state index in [1.54, 1.807) is 36.4 Å². The minimum Gasteiger partial charge on any atom is -0.337 e. The molecular formula is C30H25BrN2O3S. The van der Waals surface area contributed by atoms with E-state index in [9.17, 15) is 13.2 Å². The van der Waals surface area contributed by atoms with Crippen LogP contribution in [0, 0.1) is 6.92 Å². The van der Waals surface area contributed by atoms with Crippen molar-refractivity contribution < 1.29 is 13.2 Å². The van der Waals surface area contributed by atoms with Gasteiger partial charge in [-0.15, -0.1) is 4.40 Å². The molecule has 0 spiro atoms.